The topological polar surface area (TPSA) is 67.9 Å². The van der Waals surface area contributed by atoms with Gasteiger partial charge in [0.05, 0.1) is 13.7 Å². The van der Waals surface area contributed by atoms with Crippen molar-refractivity contribution < 1.29 is 19.1 Å². The van der Waals surface area contributed by atoms with Crippen molar-refractivity contribution in [3.63, 3.8) is 0 Å². The van der Waals surface area contributed by atoms with Crippen LogP contribution in [0.1, 0.15) is 18.9 Å². The second-order valence-electron chi connectivity index (χ2n) is 6.12. The van der Waals surface area contributed by atoms with Crippen LogP contribution in [0.5, 0.6) is 11.5 Å². The number of para-hydroxylation sites is 3. The molecule has 0 spiro atoms. The minimum atomic E-state index is -0.248. The summed E-state index contributed by atoms with van der Waals surface area (Å²) in [6.07, 6.45) is 0.748. The number of carbonyl (C=O) groups is 2. The van der Waals surface area contributed by atoms with Gasteiger partial charge in [0.1, 0.15) is 0 Å². The molecule has 0 fully saturated rings. The van der Waals surface area contributed by atoms with Crippen molar-refractivity contribution in [3.8, 4) is 11.5 Å². The standard InChI is InChI=1S/C21H26N2O4/c1-4-13-23(14-20(24)22-17-10-6-5-9-16(17)2)21(25)15-27-19-12-8-7-11-18(19)26-3/h5-12H,4,13-15H2,1-3H3,(H,22,24). The van der Waals surface area contributed by atoms with Gasteiger partial charge in [0.2, 0.25) is 5.91 Å². The van der Waals surface area contributed by atoms with E-state index in [1.807, 2.05) is 50.2 Å². The summed E-state index contributed by atoms with van der Waals surface area (Å²) in [5.74, 6) is 0.574. The molecule has 1 N–H and O–H groups in total. The fraction of sp³-hybridized carbons (Fsp3) is 0.333. The van der Waals surface area contributed by atoms with Gasteiger partial charge < -0.3 is 19.7 Å². The first kappa shape index (κ1) is 20.3. The van der Waals surface area contributed by atoms with Crippen molar-refractivity contribution >= 4 is 17.5 Å². The molecule has 6 nitrogen and oxygen atoms in total. The summed E-state index contributed by atoms with van der Waals surface area (Å²) in [5.41, 5.74) is 1.72. The van der Waals surface area contributed by atoms with Gasteiger partial charge in [-0.3, -0.25) is 9.59 Å². The Kier molecular flexibility index (Phi) is 7.67. The minimum Gasteiger partial charge on any atom is -0.493 e. The molecule has 0 saturated heterocycles. The van der Waals surface area contributed by atoms with Crippen molar-refractivity contribution in [3.05, 3.63) is 54.1 Å². The predicted octanol–water partition coefficient (Wildman–Crippen LogP) is 3.26. The summed E-state index contributed by atoms with van der Waals surface area (Å²) < 4.78 is 10.8. The highest BCUT2D eigenvalue weighted by Crippen LogP contribution is 2.25. The van der Waals surface area contributed by atoms with Crippen LogP contribution in [-0.2, 0) is 9.59 Å². The van der Waals surface area contributed by atoms with Crippen LogP contribution >= 0.6 is 0 Å². The Hall–Kier alpha value is -3.02. The lowest BCUT2D eigenvalue weighted by molar-refractivity contribution is -0.136. The van der Waals surface area contributed by atoms with Gasteiger partial charge >= 0.3 is 0 Å². The van der Waals surface area contributed by atoms with Crippen LogP contribution in [0.15, 0.2) is 48.5 Å². The van der Waals surface area contributed by atoms with E-state index in [0.717, 1.165) is 17.7 Å². The summed E-state index contributed by atoms with van der Waals surface area (Å²) in [5, 5.41) is 2.85. The third kappa shape index (κ3) is 6.02. The lowest BCUT2D eigenvalue weighted by atomic mass is 10.2. The number of ether oxygens (including phenoxy) is 2. The van der Waals surface area contributed by atoms with E-state index in [1.54, 1.807) is 19.2 Å². The Morgan fingerprint density at radius 1 is 1.04 bits per heavy atom. The molecule has 0 atom stereocenters. The molecular weight excluding hydrogens is 344 g/mol. The molecule has 6 heteroatoms. The molecule has 27 heavy (non-hydrogen) atoms. The predicted molar refractivity (Wildman–Crippen MR) is 105 cm³/mol. The molecule has 0 unspecified atom stereocenters. The van der Waals surface area contributed by atoms with Crippen LogP contribution in [0.25, 0.3) is 0 Å². The summed E-state index contributed by atoms with van der Waals surface area (Å²) >= 11 is 0. The number of carbonyl (C=O) groups excluding carboxylic acids is 2. The van der Waals surface area contributed by atoms with Crippen LogP contribution in [0.2, 0.25) is 0 Å². The van der Waals surface area contributed by atoms with Crippen LogP contribution in [-0.4, -0.2) is 43.5 Å². The van der Waals surface area contributed by atoms with Crippen LogP contribution in [0, 0.1) is 6.92 Å². The quantitative estimate of drug-likeness (QED) is 0.736. The summed E-state index contributed by atoms with van der Waals surface area (Å²) in [6.45, 7) is 4.19. The molecular formula is C21H26N2O4. The van der Waals surface area contributed by atoms with E-state index in [-0.39, 0.29) is 25.0 Å². The zero-order valence-corrected chi connectivity index (χ0v) is 16.0. The molecule has 0 saturated carbocycles. The van der Waals surface area contributed by atoms with Crippen LogP contribution in [0.4, 0.5) is 5.69 Å². The fourth-order valence-corrected chi connectivity index (χ4v) is 2.61. The van der Waals surface area contributed by atoms with Gasteiger partial charge in [-0.05, 0) is 37.1 Å². The maximum Gasteiger partial charge on any atom is 0.260 e. The number of nitrogens with one attached hydrogen (secondary N) is 1. The Bertz CT molecular complexity index is 776. The average molecular weight is 370 g/mol. The highest BCUT2D eigenvalue weighted by atomic mass is 16.5. The maximum atomic E-state index is 12.5. The molecule has 0 bridgehead atoms. The first-order valence-corrected chi connectivity index (χ1v) is 8.94. The van der Waals surface area contributed by atoms with Gasteiger partial charge in [0.15, 0.2) is 18.1 Å². The molecule has 0 aromatic heterocycles. The molecule has 0 heterocycles. The van der Waals surface area contributed by atoms with E-state index in [2.05, 4.69) is 5.32 Å². The van der Waals surface area contributed by atoms with Crippen molar-refractivity contribution in [1.82, 2.24) is 4.90 Å². The van der Waals surface area contributed by atoms with Crippen molar-refractivity contribution in [1.29, 1.82) is 0 Å². The summed E-state index contributed by atoms with van der Waals surface area (Å²) in [7, 11) is 1.54. The second-order valence-corrected chi connectivity index (χ2v) is 6.12. The molecule has 0 aliphatic heterocycles. The average Bonchev–Trinajstić information content (AvgIpc) is 2.67. The molecule has 0 aliphatic carbocycles. The van der Waals surface area contributed by atoms with E-state index in [0.29, 0.717) is 18.0 Å². The zero-order valence-electron chi connectivity index (χ0n) is 16.0. The molecule has 144 valence electrons. The van der Waals surface area contributed by atoms with Crippen molar-refractivity contribution in [2.75, 3.05) is 32.1 Å². The molecule has 2 rings (SSSR count). The highest BCUT2D eigenvalue weighted by Gasteiger charge is 2.18. The highest BCUT2D eigenvalue weighted by molar-refractivity contribution is 5.95. The molecule has 2 aromatic carbocycles. The first-order chi connectivity index (χ1) is 13.0. The van der Waals surface area contributed by atoms with Gasteiger partial charge in [-0.15, -0.1) is 0 Å². The van der Waals surface area contributed by atoms with Gasteiger partial charge in [-0.2, -0.15) is 0 Å². The number of aryl methyl sites for hydroxylation is 1. The van der Waals surface area contributed by atoms with Gasteiger partial charge in [0, 0.05) is 12.2 Å². The lowest BCUT2D eigenvalue weighted by Gasteiger charge is -2.22. The third-order valence-corrected chi connectivity index (χ3v) is 4.02. The number of nitrogens with zero attached hydrogens (tertiary/aromatic N) is 1. The molecule has 0 radical (unpaired) electrons. The van der Waals surface area contributed by atoms with Crippen molar-refractivity contribution in [2.24, 2.45) is 0 Å². The Labute approximate surface area is 160 Å². The fourth-order valence-electron chi connectivity index (χ4n) is 2.61. The van der Waals surface area contributed by atoms with Crippen LogP contribution < -0.4 is 14.8 Å². The first-order valence-electron chi connectivity index (χ1n) is 8.94. The number of rotatable bonds is 9. The number of hydrogen-bond acceptors (Lipinski definition) is 4. The SMILES string of the molecule is CCCN(CC(=O)Nc1ccccc1C)C(=O)COc1ccccc1OC. The summed E-state index contributed by atoms with van der Waals surface area (Å²) in [4.78, 5) is 26.4. The molecule has 2 amide bonds. The third-order valence-electron chi connectivity index (χ3n) is 4.02. The Morgan fingerprint density at radius 3 is 2.37 bits per heavy atom. The largest absolute Gasteiger partial charge is 0.493 e. The molecule has 0 aliphatic rings. The van der Waals surface area contributed by atoms with E-state index >= 15 is 0 Å². The zero-order chi connectivity index (χ0) is 19.6. The molecule has 2 aromatic rings. The second kappa shape index (κ2) is 10.2. The monoisotopic (exact) mass is 370 g/mol. The van der Waals surface area contributed by atoms with Gasteiger partial charge in [0.25, 0.3) is 5.91 Å². The van der Waals surface area contributed by atoms with E-state index in [4.69, 9.17) is 9.47 Å². The number of amides is 2. The lowest BCUT2D eigenvalue weighted by Crippen LogP contribution is -2.41. The number of benzene rings is 2. The number of anilines is 1. The number of hydrogen-bond donors (Lipinski definition) is 1. The Balaban J connectivity index is 1.95. The van der Waals surface area contributed by atoms with Gasteiger partial charge in [-0.1, -0.05) is 37.3 Å². The van der Waals surface area contributed by atoms with E-state index in [1.165, 1.54) is 4.90 Å². The van der Waals surface area contributed by atoms with Crippen molar-refractivity contribution in [2.45, 2.75) is 20.3 Å². The van der Waals surface area contributed by atoms with Gasteiger partial charge in [-0.25, -0.2) is 0 Å². The van der Waals surface area contributed by atoms with E-state index in [9.17, 15) is 9.59 Å². The minimum absolute atomic E-state index is 0.0176. The Morgan fingerprint density at radius 2 is 1.70 bits per heavy atom. The summed E-state index contributed by atoms with van der Waals surface area (Å²) in [6, 6.07) is 14.7. The smallest absolute Gasteiger partial charge is 0.260 e. The van der Waals surface area contributed by atoms with Crippen LogP contribution in [0.3, 0.4) is 0 Å². The van der Waals surface area contributed by atoms with E-state index < -0.39 is 0 Å². The normalized spacial score (nSPS) is 10.2. The maximum absolute atomic E-state index is 12.5. The number of methoxy groups -OCH3 is 1.